The van der Waals surface area contributed by atoms with Crippen molar-refractivity contribution in [3.63, 3.8) is 0 Å². The molecular weight excluding hydrogens is 593 g/mol. The highest BCUT2D eigenvalue weighted by Gasteiger charge is 2.41. The highest BCUT2D eigenvalue weighted by atomic mass is 16.3. The van der Waals surface area contributed by atoms with Gasteiger partial charge in [-0.2, -0.15) is 0 Å². The fourth-order valence-corrected chi connectivity index (χ4v) is 9.12. The fourth-order valence-electron chi connectivity index (χ4n) is 9.12. The summed E-state index contributed by atoms with van der Waals surface area (Å²) in [5, 5.41) is 10.1. The van der Waals surface area contributed by atoms with Crippen molar-refractivity contribution in [2.45, 2.75) is 11.8 Å². The third-order valence-electron chi connectivity index (χ3n) is 11.1. The average molecular weight is 623 g/mol. The topological polar surface area (TPSA) is 13.1 Å². The molecule has 0 spiro atoms. The van der Waals surface area contributed by atoms with Crippen LogP contribution in [0.1, 0.15) is 34.1 Å². The van der Waals surface area contributed by atoms with Gasteiger partial charge in [0.05, 0.1) is 0 Å². The summed E-state index contributed by atoms with van der Waals surface area (Å²) in [5.74, 6) is 0.445. The monoisotopic (exact) mass is 622 g/mol. The molecule has 0 N–H and O–H groups in total. The first-order chi connectivity index (χ1) is 24.3. The minimum Gasteiger partial charge on any atom is -0.455 e. The number of benzene rings is 8. The van der Waals surface area contributed by atoms with E-state index in [4.69, 9.17) is 4.42 Å². The van der Waals surface area contributed by atoms with Crippen LogP contribution in [-0.2, 0) is 0 Å². The van der Waals surface area contributed by atoms with Gasteiger partial charge in [-0.25, -0.2) is 0 Å². The van der Waals surface area contributed by atoms with E-state index in [1.54, 1.807) is 0 Å². The molecule has 49 heavy (non-hydrogen) atoms. The lowest BCUT2D eigenvalue weighted by molar-refractivity contribution is 0.673. The van der Waals surface area contributed by atoms with Crippen LogP contribution in [0.3, 0.4) is 0 Å². The molecule has 1 heteroatoms. The zero-order valence-electron chi connectivity index (χ0n) is 26.7. The van der Waals surface area contributed by atoms with E-state index in [0.717, 1.165) is 21.9 Å². The quantitative estimate of drug-likeness (QED) is 0.191. The maximum absolute atomic E-state index is 6.53. The normalized spacial score (nSPS) is 16.5. The summed E-state index contributed by atoms with van der Waals surface area (Å²) in [5.41, 5.74) is 12.6. The molecule has 0 fully saturated rings. The van der Waals surface area contributed by atoms with Crippen LogP contribution in [0, 0.1) is 0 Å². The molecule has 1 heterocycles. The summed E-state index contributed by atoms with van der Waals surface area (Å²) < 4.78 is 6.53. The van der Waals surface area contributed by atoms with Crippen LogP contribution >= 0.6 is 0 Å². The molecule has 8 aromatic carbocycles. The van der Waals surface area contributed by atoms with E-state index in [-0.39, 0.29) is 11.8 Å². The van der Waals surface area contributed by atoms with Crippen LogP contribution in [0.2, 0.25) is 0 Å². The molecule has 228 valence electrons. The van der Waals surface area contributed by atoms with Crippen LogP contribution < -0.4 is 10.4 Å². The van der Waals surface area contributed by atoms with Crippen LogP contribution in [-0.4, -0.2) is 0 Å². The van der Waals surface area contributed by atoms with Crippen molar-refractivity contribution in [1.29, 1.82) is 0 Å². The number of hydrogen-bond donors (Lipinski definition) is 0. The van der Waals surface area contributed by atoms with Crippen molar-refractivity contribution in [2.75, 3.05) is 0 Å². The number of hydrogen-bond acceptors (Lipinski definition) is 1. The SMILES string of the molecule is c1ccc(C2=c3ccccc3=C(c3ccc(-c4cccc5oc6c7ccccc7ccc6c45)cc3)C3c4cccc5cccc(c45)C23)cc1. The van der Waals surface area contributed by atoms with Gasteiger partial charge in [0, 0.05) is 28.0 Å². The van der Waals surface area contributed by atoms with Crippen molar-refractivity contribution in [3.8, 4) is 11.1 Å². The second-order valence-electron chi connectivity index (χ2n) is 13.5. The van der Waals surface area contributed by atoms with Crippen molar-refractivity contribution in [2.24, 2.45) is 0 Å². The van der Waals surface area contributed by atoms with E-state index in [9.17, 15) is 0 Å². The Morgan fingerprint density at radius 1 is 0.367 bits per heavy atom. The molecule has 0 aliphatic heterocycles. The van der Waals surface area contributed by atoms with Crippen LogP contribution in [0.15, 0.2) is 174 Å². The van der Waals surface area contributed by atoms with E-state index in [0.29, 0.717) is 0 Å². The molecular formula is C48H30O. The van der Waals surface area contributed by atoms with E-state index < -0.39 is 0 Å². The third-order valence-corrected chi connectivity index (χ3v) is 11.1. The summed E-state index contributed by atoms with van der Waals surface area (Å²) >= 11 is 0. The summed E-state index contributed by atoms with van der Waals surface area (Å²) in [4.78, 5) is 0. The first kappa shape index (κ1) is 26.8. The van der Waals surface area contributed by atoms with E-state index in [1.807, 2.05) is 0 Å². The van der Waals surface area contributed by atoms with E-state index in [1.165, 1.54) is 76.5 Å². The van der Waals surface area contributed by atoms with Crippen molar-refractivity contribution in [3.05, 3.63) is 203 Å². The Bertz CT molecular complexity index is 2920. The largest absolute Gasteiger partial charge is 0.455 e. The molecule has 9 aromatic rings. The van der Waals surface area contributed by atoms with Crippen molar-refractivity contribution in [1.82, 2.24) is 0 Å². The molecule has 1 nitrogen and oxygen atoms in total. The molecule has 2 aliphatic rings. The predicted molar refractivity (Wildman–Crippen MR) is 203 cm³/mol. The summed E-state index contributed by atoms with van der Waals surface area (Å²) in [7, 11) is 0. The number of furan rings is 1. The molecule has 0 saturated carbocycles. The highest BCUT2D eigenvalue weighted by Crippen LogP contribution is 2.56. The maximum atomic E-state index is 6.53. The Morgan fingerprint density at radius 3 is 1.69 bits per heavy atom. The fraction of sp³-hybridized carbons (Fsp3) is 0.0417. The molecule has 11 rings (SSSR count). The number of fused-ring (bicyclic) bond motifs is 9. The van der Waals surface area contributed by atoms with Crippen LogP contribution in [0.25, 0.3) is 65.8 Å². The standard InChI is InChI=1S/C48H30O/c1-2-12-32(13-3-1)43-36-17-6-7-18-37(36)44(47-39-21-9-15-31-14-8-20-38(42(31)39)46(43)47)33-25-23-30(24-26-33)34-19-10-22-41-45(34)40-28-27-29-11-4-5-16-35(29)48(40)49-41/h1-28,46-47H. The predicted octanol–water partition coefficient (Wildman–Crippen LogP) is 10.9. The van der Waals surface area contributed by atoms with Gasteiger partial charge in [0.25, 0.3) is 0 Å². The van der Waals surface area contributed by atoms with E-state index >= 15 is 0 Å². The minimum absolute atomic E-state index is 0.214. The Morgan fingerprint density at radius 2 is 0.959 bits per heavy atom. The smallest absolute Gasteiger partial charge is 0.143 e. The van der Waals surface area contributed by atoms with Gasteiger partial charge in [0.2, 0.25) is 0 Å². The Hall–Kier alpha value is -6.18. The summed E-state index contributed by atoms with van der Waals surface area (Å²) in [6.45, 7) is 0. The lowest BCUT2D eigenvalue weighted by Gasteiger charge is -2.32. The van der Waals surface area contributed by atoms with Crippen LogP contribution in [0.5, 0.6) is 0 Å². The van der Waals surface area contributed by atoms with Gasteiger partial charge in [0.1, 0.15) is 11.2 Å². The van der Waals surface area contributed by atoms with Crippen molar-refractivity contribution >= 4 is 54.6 Å². The molecule has 0 saturated heterocycles. The Kier molecular flexibility index (Phi) is 5.57. The number of rotatable bonds is 3. The molecule has 2 atom stereocenters. The summed E-state index contributed by atoms with van der Waals surface area (Å²) in [6, 6.07) is 62.5. The first-order valence-electron chi connectivity index (χ1n) is 17.2. The summed E-state index contributed by atoms with van der Waals surface area (Å²) in [6.07, 6.45) is 0. The Labute approximate surface area is 283 Å². The van der Waals surface area contributed by atoms with Gasteiger partial charge >= 0.3 is 0 Å². The lowest BCUT2D eigenvalue weighted by Crippen LogP contribution is -2.38. The molecule has 2 aliphatic carbocycles. The maximum Gasteiger partial charge on any atom is 0.143 e. The van der Waals surface area contributed by atoms with Gasteiger partial charge in [-0.3, -0.25) is 0 Å². The molecule has 0 radical (unpaired) electrons. The second kappa shape index (κ2) is 10.2. The van der Waals surface area contributed by atoms with Crippen LogP contribution in [0.4, 0.5) is 0 Å². The van der Waals surface area contributed by atoms with Gasteiger partial charge in [0.15, 0.2) is 0 Å². The zero-order chi connectivity index (χ0) is 32.1. The molecule has 1 aromatic heterocycles. The minimum atomic E-state index is 0.214. The average Bonchev–Trinajstić information content (AvgIpc) is 3.72. The van der Waals surface area contributed by atoms with Gasteiger partial charge in [-0.1, -0.05) is 158 Å². The molecule has 0 bridgehead atoms. The zero-order valence-corrected chi connectivity index (χ0v) is 26.7. The Balaban J connectivity index is 1.15. The van der Waals surface area contributed by atoms with Gasteiger partial charge < -0.3 is 4.42 Å². The molecule has 2 unspecified atom stereocenters. The van der Waals surface area contributed by atoms with Gasteiger partial charge in [-0.05, 0) is 83.3 Å². The molecule has 0 amide bonds. The lowest BCUT2D eigenvalue weighted by atomic mass is 9.70. The van der Waals surface area contributed by atoms with E-state index in [2.05, 4.69) is 170 Å². The second-order valence-corrected chi connectivity index (χ2v) is 13.5. The first-order valence-corrected chi connectivity index (χ1v) is 17.2. The highest BCUT2D eigenvalue weighted by molar-refractivity contribution is 6.19. The third kappa shape index (κ3) is 3.76. The van der Waals surface area contributed by atoms with Gasteiger partial charge in [-0.15, -0.1) is 0 Å². The van der Waals surface area contributed by atoms with Crippen molar-refractivity contribution < 1.29 is 4.42 Å².